The summed E-state index contributed by atoms with van der Waals surface area (Å²) in [5.41, 5.74) is 0. The Bertz CT molecular complexity index is 430. The van der Waals surface area contributed by atoms with E-state index in [1.165, 1.54) is 0 Å². The van der Waals surface area contributed by atoms with Crippen molar-refractivity contribution in [2.24, 2.45) is 7.05 Å². The highest BCUT2D eigenvalue weighted by Gasteiger charge is 2.08. The third-order valence-electron chi connectivity index (χ3n) is 1.67. The molecule has 0 N–H and O–H groups in total. The number of carbonyl (C=O) groups is 1. The molecule has 0 saturated carbocycles. The van der Waals surface area contributed by atoms with Gasteiger partial charge in [0, 0.05) is 7.05 Å². The van der Waals surface area contributed by atoms with Gasteiger partial charge in [0.1, 0.15) is 6.33 Å². The van der Waals surface area contributed by atoms with E-state index in [-0.39, 0.29) is 5.76 Å². The molecule has 0 amide bonds. The van der Waals surface area contributed by atoms with E-state index in [0.717, 1.165) is 0 Å². The van der Waals surface area contributed by atoms with Crippen LogP contribution < -0.4 is 0 Å². The summed E-state index contributed by atoms with van der Waals surface area (Å²) in [7, 11) is 1.80. The lowest BCUT2D eigenvalue weighted by molar-refractivity contribution is 0.110. The van der Waals surface area contributed by atoms with Gasteiger partial charge >= 0.3 is 0 Å². The maximum atomic E-state index is 10.3. The van der Waals surface area contributed by atoms with E-state index in [1.807, 2.05) is 0 Å². The molecule has 0 aromatic carbocycles. The normalized spacial score (nSPS) is 10.2. The summed E-state index contributed by atoms with van der Waals surface area (Å²) in [6.07, 6.45) is 2.22. The SMILES string of the molecule is Cn1cnnc1-c1ccc(C=O)o1. The molecule has 2 heterocycles. The number of hydrogen-bond acceptors (Lipinski definition) is 4. The molecule has 13 heavy (non-hydrogen) atoms. The Kier molecular flexibility index (Phi) is 1.70. The molecule has 2 rings (SSSR count). The molecule has 0 aliphatic carbocycles. The van der Waals surface area contributed by atoms with Gasteiger partial charge in [0.05, 0.1) is 0 Å². The van der Waals surface area contributed by atoms with E-state index in [0.29, 0.717) is 17.9 Å². The number of carbonyl (C=O) groups excluding carboxylic acids is 1. The molecule has 5 nitrogen and oxygen atoms in total. The number of furan rings is 1. The van der Waals surface area contributed by atoms with Crippen LogP contribution in [0, 0.1) is 0 Å². The van der Waals surface area contributed by atoms with Crippen molar-refractivity contribution in [1.29, 1.82) is 0 Å². The van der Waals surface area contributed by atoms with E-state index in [2.05, 4.69) is 10.2 Å². The molecule has 0 bridgehead atoms. The summed E-state index contributed by atoms with van der Waals surface area (Å²) >= 11 is 0. The molecule has 0 unspecified atom stereocenters. The van der Waals surface area contributed by atoms with E-state index < -0.39 is 0 Å². The van der Waals surface area contributed by atoms with Crippen LogP contribution in [0.2, 0.25) is 0 Å². The highest BCUT2D eigenvalue weighted by molar-refractivity contribution is 5.71. The fraction of sp³-hybridized carbons (Fsp3) is 0.125. The van der Waals surface area contributed by atoms with E-state index >= 15 is 0 Å². The Morgan fingerprint density at radius 1 is 1.54 bits per heavy atom. The van der Waals surface area contributed by atoms with Gasteiger partial charge in [-0.1, -0.05) is 0 Å². The van der Waals surface area contributed by atoms with Crippen LogP contribution in [0.5, 0.6) is 0 Å². The van der Waals surface area contributed by atoms with E-state index in [4.69, 9.17) is 4.42 Å². The second-order valence-corrected chi connectivity index (χ2v) is 2.59. The zero-order chi connectivity index (χ0) is 9.26. The van der Waals surface area contributed by atoms with E-state index in [1.54, 1.807) is 30.1 Å². The number of aryl methyl sites for hydroxylation is 1. The number of hydrogen-bond donors (Lipinski definition) is 0. The molecule has 0 aliphatic rings. The van der Waals surface area contributed by atoms with Crippen molar-refractivity contribution >= 4 is 6.29 Å². The fourth-order valence-corrected chi connectivity index (χ4v) is 1.04. The molecule has 0 aliphatic heterocycles. The van der Waals surface area contributed by atoms with Crippen LogP contribution in [-0.2, 0) is 7.05 Å². The Balaban J connectivity index is 2.46. The van der Waals surface area contributed by atoms with Crippen molar-refractivity contribution in [1.82, 2.24) is 14.8 Å². The molecule has 0 fully saturated rings. The van der Waals surface area contributed by atoms with Gasteiger partial charge in [0.25, 0.3) is 0 Å². The fourth-order valence-electron chi connectivity index (χ4n) is 1.04. The smallest absolute Gasteiger partial charge is 0.199 e. The first-order chi connectivity index (χ1) is 6.31. The van der Waals surface area contributed by atoms with Crippen LogP contribution in [0.15, 0.2) is 22.9 Å². The van der Waals surface area contributed by atoms with Gasteiger partial charge in [-0.25, -0.2) is 0 Å². The number of rotatable bonds is 2. The van der Waals surface area contributed by atoms with Crippen LogP contribution in [0.1, 0.15) is 10.6 Å². The van der Waals surface area contributed by atoms with Crippen LogP contribution in [0.4, 0.5) is 0 Å². The summed E-state index contributed by atoms with van der Waals surface area (Å²) in [6, 6.07) is 3.28. The third kappa shape index (κ3) is 1.24. The highest BCUT2D eigenvalue weighted by atomic mass is 16.3. The minimum Gasteiger partial charge on any atom is -0.450 e. The summed E-state index contributed by atoms with van der Waals surface area (Å²) in [6.45, 7) is 0. The molecule has 66 valence electrons. The first-order valence-electron chi connectivity index (χ1n) is 3.70. The molecule has 0 radical (unpaired) electrons. The van der Waals surface area contributed by atoms with Crippen molar-refractivity contribution in [3.05, 3.63) is 24.2 Å². The van der Waals surface area contributed by atoms with Crippen LogP contribution in [-0.4, -0.2) is 21.1 Å². The zero-order valence-corrected chi connectivity index (χ0v) is 6.97. The van der Waals surface area contributed by atoms with Gasteiger partial charge in [-0.2, -0.15) is 0 Å². The Labute approximate surface area is 74.0 Å². The minimum absolute atomic E-state index is 0.290. The molecule has 0 saturated heterocycles. The number of aromatic nitrogens is 3. The maximum absolute atomic E-state index is 10.3. The standard InChI is InChI=1S/C8H7N3O2/c1-11-5-9-10-8(11)7-3-2-6(4-12)13-7/h2-5H,1H3. The maximum Gasteiger partial charge on any atom is 0.199 e. The number of aldehydes is 1. The molecule has 2 aromatic rings. The summed E-state index contributed by atoms with van der Waals surface area (Å²) in [5.74, 6) is 1.44. The molecule has 0 spiro atoms. The molecular weight excluding hydrogens is 170 g/mol. The second kappa shape index (κ2) is 2.85. The Hall–Kier alpha value is -1.91. The van der Waals surface area contributed by atoms with Gasteiger partial charge < -0.3 is 8.98 Å². The predicted molar refractivity (Wildman–Crippen MR) is 44.1 cm³/mol. The summed E-state index contributed by atoms with van der Waals surface area (Å²) in [4.78, 5) is 10.3. The van der Waals surface area contributed by atoms with Gasteiger partial charge in [-0.05, 0) is 12.1 Å². The summed E-state index contributed by atoms with van der Waals surface area (Å²) < 4.78 is 6.88. The van der Waals surface area contributed by atoms with Crippen molar-refractivity contribution in [2.75, 3.05) is 0 Å². The van der Waals surface area contributed by atoms with Crippen molar-refractivity contribution in [2.45, 2.75) is 0 Å². The number of nitrogens with zero attached hydrogens (tertiary/aromatic N) is 3. The highest BCUT2D eigenvalue weighted by Crippen LogP contribution is 2.17. The minimum atomic E-state index is 0.290. The Morgan fingerprint density at radius 3 is 2.92 bits per heavy atom. The molecule has 0 atom stereocenters. The molecular formula is C8H7N3O2. The largest absolute Gasteiger partial charge is 0.450 e. The van der Waals surface area contributed by atoms with Crippen LogP contribution in [0.25, 0.3) is 11.6 Å². The van der Waals surface area contributed by atoms with Gasteiger partial charge in [0.2, 0.25) is 0 Å². The van der Waals surface area contributed by atoms with Gasteiger partial charge in [-0.3, -0.25) is 4.79 Å². The van der Waals surface area contributed by atoms with Crippen molar-refractivity contribution in [3.63, 3.8) is 0 Å². The van der Waals surface area contributed by atoms with E-state index in [9.17, 15) is 4.79 Å². The quantitative estimate of drug-likeness (QED) is 0.639. The molecule has 5 heteroatoms. The lowest BCUT2D eigenvalue weighted by Gasteiger charge is -1.93. The van der Waals surface area contributed by atoms with Crippen molar-refractivity contribution in [3.8, 4) is 11.6 Å². The third-order valence-corrected chi connectivity index (χ3v) is 1.67. The topological polar surface area (TPSA) is 60.9 Å². The summed E-state index contributed by atoms with van der Waals surface area (Å²) in [5, 5.41) is 7.53. The monoisotopic (exact) mass is 177 g/mol. The average Bonchev–Trinajstić information content (AvgIpc) is 2.71. The van der Waals surface area contributed by atoms with Crippen LogP contribution in [0.3, 0.4) is 0 Å². The van der Waals surface area contributed by atoms with Gasteiger partial charge in [-0.15, -0.1) is 10.2 Å². The zero-order valence-electron chi connectivity index (χ0n) is 6.97. The lowest BCUT2D eigenvalue weighted by atomic mass is 10.4. The Morgan fingerprint density at radius 2 is 2.38 bits per heavy atom. The van der Waals surface area contributed by atoms with Gasteiger partial charge in [0.15, 0.2) is 23.6 Å². The van der Waals surface area contributed by atoms with Crippen molar-refractivity contribution < 1.29 is 9.21 Å². The first kappa shape index (κ1) is 7.72. The lowest BCUT2D eigenvalue weighted by Crippen LogP contribution is -1.88. The molecule has 2 aromatic heterocycles. The average molecular weight is 177 g/mol. The first-order valence-corrected chi connectivity index (χ1v) is 3.70. The second-order valence-electron chi connectivity index (χ2n) is 2.59. The predicted octanol–water partition coefficient (Wildman–Crippen LogP) is 0.888. The van der Waals surface area contributed by atoms with Crippen LogP contribution >= 0.6 is 0 Å².